The normalized spacial score (nSPS) is 11.9. The van der Waals surface area contributed by atoms with Gasteiger partial charge in [0.05, 0.1) is 22.6 Å². The number of nitrogens with zero attached hydrogens (tertiary/aromatic N) is 3. The van der Waals surface area contributed by atoms with Crippen molar-refractivity contribution >= 4 is 16.8 Å². The highest BCUT2D eigenvalue weighted by molar-refractivity contribution is 5.94. The number of hydrogen-bond donors (Lipinski definition) is 0. The Morgan fingerprint density at radius 3 is 2.24 bits per heavy atom. The summed E-state index contributed by atoms with van der Waals surface area (Å²) in [4.78, 5) is 35.1. The summed E-state index contributed by atoms with van der Waals surface area (Å²) in [6, 6.07) is 31.1. The van der Waals surface area contributed by atoms with E-state index in [0.717, 1.165) is 41.6 Å². The highest BCUT2D eigenvalue weighted by atomic mass is 16.2. The topological polar surface area (TPSA) is 55.2 Å². The molecule has 42 heavy (non-hydrogen) atoms. The molecule has 0 radical (unpaired) electrons. The molecule has 5 aromatic rings. The Balaban J connectivity index is 1.61. The van der Waals surface area contributed by atoms with Crippen LogP contribution in [0.25, 0.3) is 16.6 Å². The van der Waals surface area contributed by atoms with Crippen molar-refractivity contribution < 1.29 is 4.79 Å². The quantitative estimate of drug-likeness (QED) is 0.176. The summed E-state index contributed by atoms with van der Waals surface area (Å²) in [6.07, 6.45) is 3.94. The SMILES string of the molecule is CCCCc1ccc(C(=O)N(CCc2ccccc2)C(C)c2nc3ccccc3c(=O)n2-c2ccc(C)c(C)c2)cc1. The van der Waals surface area contributed by atoms with E-state index in [-0.39, 0.29) is 11.5 Å². The van der Waals surface area contributed by atoms with Crippen molar-refractivity contribution in [2.45, 2.75) is 59.4 Å². The van der Waals surface area contributed by atoms with Crippen LogP contribution in [0.4, 0.5) is 0 Å². The second kappa shape index (κ2) is 13.0. The Morgan fingerprint density at radius 1 is 0.833 bits per heavy atom. The number of hydrogen-bond acceptors (Lipinski definition) is 3. The number of rotatable bonds is 10. The predicted molar refractivity (Wildman–Crippen MR) is 171 cm³/mol. The van der Waals surface area contributed by atoms with E-state index in [1.807, 2.05) is 91.5 Å². The fraction of sp³-hybridized carbons (Fsp3) is 0.270. The van der Waals surface area contributed by atoms with Gasteiger partial charge in [0.15, 0.2) is 0 Å². The molecule has 0 saturated heterocycles. The van der Waals surface area contributed by atoms with Crippen molar-refractivity contribution in [3.63, 3.8) is 0 Å². The number of para-hydroxylation sites is 1. The molecule has 0 bridgehead atoms. The number of fused-ring (bicyclic) bond motifs is 1. The molecule has 1 aromatic heterocycles. The number of carbonyl (C=O) groups is 1. The maximum Gasteiger partial charge on any atom is 0.266 e. The Morgan fingerprint density at radius 2 is 1.52 bits per heavy atom. The van der Waals surface area contributed by atoms with Crippen molar-refractivity contribution in [2.75, 3.05) is 6.54 Å². The minimum Gasteiger partial charge on any atom is -0.328 e. The molecule has 0 spiro atoms. The van der Waals surface area contributed by atoms with Crippen LogP contribution in [0.5, 0.6) is 0 Å². The zero-order chi connectivity index (χ0) is 29.6. The molecule has 5 heteroatoms. The standard InChI is InChI=1S/C37H39N3O2/c1-5-6-12-30-18-20-31(21-19-30)36(41)39(24-23-29-13-8-7-9-14-29)28(4)35-38-34-16-11-10-15-33(34)37(42)40(35)32-22-17-26(2)27(3)25-32/h7-11,13-22,25,28H,5-6,12,23-24H2,1-4H3. The molecule has 4 aromatic carbocycles. The van der Waals surface area contributed by atoms with Crippen molar-refractivity contribution in [3.05, 3.63) is 141 Å². The first-order valence-electron chi connectivity index (χ1n) is 14.9. The average molecular weight is 558 g/mol. The molecule has 0 saturated carbocycles. The molecule has 0 fully saturated rings. The zero-order valence-electron chi connectivity index (χ0n) is 25.0. The highest BCUT2D eigenvalue weighted by Crippen LogP contribution is 2.26. The highest BCUT2D eigenvalue weighted by Gasteiger charge is 2.28. The maximum atomic E-state index is 14.2. The van der Waals surface area contributed by atoms with Gasteiger partial charge in [0.2, 0.25) is 0 Å². The molecule has 0 aliphatic rings. The van der Waals surface area contributed by atoms with Gasteiger partial charge in [-0.05, 0) is 98.7 Å². The van der Waals surface area contributed by atoms with E-state index in [9.17, 15) is 9.59 Å². The van der Waals surface area contributed by atoms with Crippen molar-refractivity contribution in [1.29, 1.82) is 0 Å². The van der Waals surface area contributed by atoms with E-state index in [0.29, 0.717) is 35.3 Å². The molecule has 0 N–H and O–H groups in total. The third-order valence-electron chi connectivity index (χ3n) is 8.16. The summed E-state index contributed by atoms with van der Waals surface area (Å²) < 4.78 is 1.69. The average Bonchev–Trinajstić information content (AvgIpc) is 3.02. The third kappa shape index (κ3) is 6.20. The van der Waals surface area contributed by atoms with E-state index in [4.69, 9.17) is 4.98 Å². The first-order valence-corrected chi connectivity index (χ1v) is 14.9. The third-order valence-corrected chi connectivity index (χ3v) is 8.16. The lowest BCUT2D eigenvalue weighted by molar-refractivity contribution is 0.0683. The molecule has 0 aliphatic heterocycles. The summed E-state index contributed by atoms with van der Waals surface area (Å²) in [7, 11) is 0. The number of benzene rings is 4. The Kier molecular flexibility index (Phi) is 8.97. The van der Waals surface area contributed by atoms with Gasteiger partial charge >= 0.3 is 0 Å². The van der Waals surface area contributed by atoms with Gasteiger partial charge in [0, 0.05) is 12.1 Å². The van der Waals surface area contributed by atoms with E-state index in [1.54, 1.807) is 4.57 Å². The van der Waals surface area contributed by atoms with Crippen LogP contribution in [-0.4, -0.2) is 26.9 Å². The molecule has 1 amide bonds. The number of aryl methyl sites for hydroxylation is 3. The van der Waals surface area contributed by atoms with Crippen LogP contribution < -0.4 is 5.56 Å². The first-order chi connectivity index (χ1) is 20.4. The molecular formula is C37H39N3O2. The molecular weight excluding hydrogens is 518 g/mol. The van der Waals surface area contributed by atoms with Crippen LogP contribution in [0, 0.1) is 13.8 Å². The predicted octanol–water partition coefficient (Wildman–Crippen LogP) is 7.79. The summed E-state index contributed by atoms with van der Waals surface area (Å²) >= 11 is 0. The van der Waals surface area contributed by atoms with Crippen LogP contribution in [0.3, 0.4) is 0 Å². The van der Waals surface area contributed by atoms with Crippen LogP contribution in [-0.2, 0) is 12.8 Å². The van der Waals surface area contributed by atoms with Crippen molar-refractivity contribution in [1.82, 2.24) is 14.5 Å². The molecule has 1 atom stereocenters. The zero-order valence-corrected chi connectivity index (χ0v) is 25.0. The minimum absolute atomic E-state index is 0.0745. The van der Waals surface area contributed by atoms with Gasteiger partial charge in [-0.15, -0.1) is 0 Å². The van der Waals surface area contributed by atoms with E-state index >= 15 is 0 Å². The number of carbonyl (C=O) groups excluding carboxylic acids is 1. The lowest BCUT2D eigenvalue weighted by Crippen LogP contribution is -2.38. The monoisotopic (exact) mass is 557 g/mol. The van der Waals surface area contributed by atoms with Gasteiger partial charge in [0.1, 0.15) is 5.82 Å². The molecule has 1 heterocycles. The van der Waals surface area contributed by atoms with E-state index < -0.39 is 6.04 Å². The Hall–Kier alpha value is -4.51. The smallest absolute Gasteiger partial charge is 0.266 e. The van der Waals surface area contributed by atoms with Gasteiger partial charge in [-0.3, -0.25) is 14.2 Å². The summed E-state index contributed by atoms with van der Waals surface area (Å²) in [6.45, 7) is 8.74. The van der Waals surface area contributed by atoms with Crippen molar-refractivity contribution in [2.24, 2.45) is 0 Å². The van der Waals surface area contributed by atoms with Gasteiger partial charge in [-0.2, -0.15) is 0 Å². The molecule has 0 aliphatic carbocycles. The second-order valence-corrected chi connectivity index (χ2v) is 11.1. The molecule has 214 valence electrons. The van der Waals surface area contributed by atoms with Gasteiger partial charge < -0.3 is 4.90 Å². The summed E-state index contributed by atoms with van der Waals surface area (Å²) in [5.41, 5.74) is 6.49. The minimum atomic E-state index is -0.472. The fourth-order valence-corrected chi connectivity index (χ4v) is 5.41. The summed E-state index contributed by atoms with van der Waals surface area (Å²) in [5.74, 6) is 0.470. The van der Waals surface area contributed by atoms with Gasteiger partial charge in [-0.25, -0.2) is 4.98 Å². The maximum absolute atomic E-state index is 14.2. The number of unbranched alkanes of at least 4 members (excludes halogenated alkanes) is 1. The lowest BCUT2D eigenvalue weighted by atomic mass is 10.0. The van der Waals surface area contributed by atoms with Crippen LogP contribution in [0.2, 0.25) is 0 Å². The van der Waals surface area contributed by atoms with Crippen molar-refractivity contribution in [3.8, 4) is 5.69 Å². The van der Waals surface area contributed by atoms with Gasteiger partial charge in [0.25, 0.3) is 11.5 Å². The molecule has 5 nitrogen and oxygen atoms in total. The molecule has 1 unspecified atom stereocenters. The first kappa shape index (κ1) is 29.0. The lowest BCUT2D eigenvalue weighted by Gasteiger charge is -2.31. The van der Waals surface area contributed by atoms with Crippen LogP contribution >= 0.6 is 0 Å². The molecule has 5 rings (SSSR count). The van der Waals surface area contributed by atoms with Gasteiger partial charge in [-0.1, -0.05) is 74.0 Å². The Bertz CT molecular complexity index is 1740. The fourth-order valence-electron chi connectivity index (χ4n) is 5.41. The second-order valence-electron chi connectivity index (χ2n) is 11.1. The van der Waals surface area contributed by atoms with E-state index in [1.165, 1.54) is 5.56 Å². The summed E-state index contributed by atoms with van der Waals surface area (Å²) in [5, 5.41) is 0.552. The largest absolute Gasteiger partial charge is 0.328 e. The van der Waals surface area contributed by atoms with E-state index in [2.05, 4.69) is 38.1 Å². The number of amides is 1. The Labute approximate surface area is 248 Å². The number of aromatic nitrogens is 2. The van der Waals surface area contributed by atoms with Crippen LogP contribution in [0.1, 0.15) is 71.2 Å². The van der Waals surface area contributed by atoms with Crippen LogP contribution in [0.15, 0.2) is 102 Å².